The maximum Gasteiger partial charge on any atom is 0.0252 e. The highest BCUT2D eigenvalue weighted by molar-refractivity contribution is 4.92. The molecule has 0 unspecified atom stereocenters. The van der Waals surface area contributed by atoms with Crippen molar-refractivity contribution in [1.82, 2.24) is 5.32 Å². The van der Waals surface area contributed by atoms with Gasteiger partial charge < -0.3 is 5.32 Å². The molecular formula is C10H21N. The quantitative estimate of drug-likeness (QED) is 0.643. The van der Waals surface area contributed by atoms with Gasteiger partial charge in [-0.25, -0.2) is 0 Å². The zero-order valence-electron chi connectivity index (χ0n) is 8.28. The summed E-state index contributed by atoms with van der Waals surface area (Å²) in [6.45, 7) is 12.8. The lowest BCUT2D eigenvalue weighted by molar-refractivity contribution is 0.455. The van der Waals surface area contributed by atoms with Crippen molar-refractivity contribution in [2.75, 3.05) is 0 Å². The van der Waals surface area contributed by atoms with Crippen LogP contribution in [0.4, 0.5) is 0 Å². The van der Waals surface area contributed by atoms with Crippen molar-refractivity contribution in [3.8, 4) is 0 Å². The van der Waals surface area contributed by atoms with Gasteiger partial charge in [0.25, 0.3) is 0 Å². The molecule has 0 aromatic rings. The molecule has 0 aromatic carbocycles. The van der Waals surface area contributed by atoms with E-state index >= 15 is 0 Å². The molecule has 0 saturated heterocycles. The highest BCUT2D eigenvalue weighted by Gasteiger charge is 2.05. The number of hydrogen-bond donors (Lipinski definition) is 1. The highest BCUT2D eigenvalue weighted by atomic mass is 14.9. The van der Waals surface area contributed by atoms with Crippen LogP contribution in [0, 0.1) is 5.92 Å². The Morgan fingerprint density at radius 2 is 1.91 bits per heavy atom. The molecule has 0 spiro atoms. The molecule has 0 rings (SSSR count). The standard InChI is InChI=1S/C10H21N/c1-6-7-9(4)11-10(5)8(2)3/h8,10-11H,4,6-7H2,1-3,5H3/t10-/m1/s1. The van der Waals surface area contributed by atoms with Crippen molar-refractivity contribution >= 4 is 0 Å². The van der Waals surface area contributed by atoms with E-state index in [1.807, 2.05) is 0 Å². The minimum atomic E-state index is 0.550. The summed E-state index contributed by atoms with van der Waals surface area (Å²) in [4.78, 5) is 0. The van der Waals surface area contributed by atoms with Crippen LogP contribution >= 0.6 is 0 Å². The molecule has 1 atom stereocenters. The fourth-order valence-corrected chi connectivity index (χ4v) is 0.863. The van der Waals surface area contributed by atoms with Crippen molar-refractivity contribution in [3.63, 3.8) is 0 Å². The summed E-state index contributed by atoms with van der Waals surface area (Å²) in [5.74, 6) is 0.684. The zero-order valence-corrected chi connectivity index (χ0v) is 8.28. The Morgan fingerprint density at radius 1 is 1.36 bits per heavy atom. The van der Waals surface area contributed by atoms with Gasteiger partial charge in [0, 0.05) is 11.7 Å². The Labute approximate surface area is 70.9 Å². The minimum Gasteiger partial charge on any atom is -0.386 e. The van der Waals surface area contributed by atoms with Gasteiger partial charge in [0.1, 0.15) is 0 Å². The minimum absolute atomic E-state index is 0.550. The van der Waals surface area contributed by atoms with E-state index < -0.39 is 0 Å². The fourth-order valence-electron chi connectivity index (χ4n) is 0.863. The van der Waals surface area contributed by atoms with Gasteiger partial charge in [-0.2, -0.15) is 0 Å². The SMILES string of the molecule is C=C(CCC)N[C@H](C)C(C)C. The van der Waals surface area contributed by atoms with Crippen LogP contribution in [0.1, 0.15) is 40.5 Å². The van der Waals surface area contributed by atoms with Crippen LogP contribution in [-0.4, -0.2) is 6.04 Å². The zero-order chi connectivity index (χ0) is 8.85. The van der Waals surface area contributed by atoms with E-state index in [1.54, 1.807) is 0 Å². The van der Waals surface area contributed by atoms with Gasteiger partial charge in [-0.05, 0) is 19.3 Å². The Hall–Kier alpha value is -0.460. The number of hydrogen-bond acceptors (Lipinski definition) is 1. The van der Waals surface area contributed by atoms with Crippen LogP contribution in [0.15, 0.2) is 12.3 Å². The summed E-state index contributed by atoms with van der Waals surface area (Å²) in [5, 5.41) is 3.39. The third kappa shape index (κ3) is 4.88. The van der Waals surface area contributed by atoms with Gasteiger partial charge >= 0.3 is 0 Å². The molecule has 66 valence electrons. The smallest absolute Gasteiger partial charge is 0.0252 e. The van der Waals surface area contributed by atoms with Gasteiger partial charge in [0.05, 0.1) is 0 Å². The first-order chi connectivity index (χ1) is 5.07. The summed E-state index contributed by atoms with van der Waals surface area (Å²) >= 11 is 0. The number of allylic oxidation sites excluding steroid dienone is 1. The molecule has 0 aliphatic rings. The molecule has 11 heavy (non-hydrogen) atoms. The first-order valence-electron chi connectivity index (χ1n) is 4.52. The third-order valence-corrected chi connectivity index (χ3v) is 1.98. The topological polar surface area (TPSA) is 12.0 Å². The normalized spacial score (nSPS) is 13.2. The summed E-state index contributed by atoms with van der Waals surface area (Å²) in [5.41, 5.74) is 1.17. The van der Waals surface area contributed by atoms with Crippen molar-refractivity contribution in [3.05, 3.63) is 12.3 Å². The maximum atomic E-state index is 3.96. The van der Waals surface area contributed by atoms with Crippen LogP contribution in [0.25, 0.3) is 0 Å². The molecule has 0 heterocycles. The largest absolute Gasteiger partial charge is 0.386 e. The fraction of sp³-hybridized carbons (Fsp3) is 0.800. The van der Waals surface area contributed by atoms with Crippen LogP contribution < -0.4 is 5.32 Å². The van der Waals surface area contributed by atoms with E-state index in [0.29, 0.717) is 12.0 Å². The van der Waals surface area contributed by atoms with Gasteiger partial charge in [0.15, 0.2) is 0 Å². The van der Waals surface area contributed by atoms with E-state index in [4.69, 9.17) is 0 Å². The summed E-state index contributed by atoms with van der Waals surface area (Å²) < 4.78 is 0. The second kappa shape index (κ2) is 5.22. The van der Waals surface area contributed by atoms with E-state index in [-0.39, 0.29) is 0 Å². The summed E-state index contributed by atoms with van der Waals surface area (Å²) in [6.07, 6.45) is 2.27. The Balaban J connectivity index is 3.57. The first-order valence-corrected chi connectivity index (χ1v) is 4.52. The monoisotopic (exact) mass is 155 g/mol. The molecule has 0 bridgehead atoms. The predicted octanol–water partition coefficient (Wildman–Crippen LogP) is 2.93. The van der Waals surface area contributed by atoms with Crippen molar-refractivity contribution in [1.29, 1.82) is 0 Å². The molecule has 0 radical (unpaired) electrons. The Morgan fingerprint density at radius 3 is 2.27 bits per heavy atom. The molecule has 0 aliphatic heterocycles. The molecule has 1 N–H and O–H groups in total. The molecule has 0 aromatic heterocycles. The molecule has 0 fully saturated rings. The second-order valence-corrected chi connectivity index (χ2v) is 3.53. The molecule has 1 heteroatoms. The average Bonchev–Trinajstić information content (AvgIpc) is 1.87. The van der Waals surface area contributed by atoms with Crippen LogP contribution in [-0.2, 0) is 0 Å². The first kappa shape index (κ1) is 10.5. The molecular weight excluding hydrogens is 134 g/mol. The Bertz CT molecular complexity index is 116. The van der Waals surface area contributed by atoms with Crippen molar-refractivity contribution in [2.45, 2.75) is 46.6 Å². The number of rotatable bonds is 5. The summed E-state index contributed by atoms with van der Waals surface area (Å²) in [7, 11) is 0. The second-order valence-electron chi connectivity index (χ2n) is 3.53. The van der Waals surface area contributed by atoms with Gasteiger partial charge in [-0.1, -0.05) is 33.8 Å². The number of nitrogens with one attached hydrogen (secondary N) is 1. The average molecular weight is 155 g/mol. The van der Waals surface area contributed by atoms with Crippen LogP contribution in [0.3, 0.4) is 0 Å². The maximum absolute atomic E-state index is 3.96. The van der Waals surface area contributed by atoms with Crippen LogP contribution in [0.5, 0.6) is 0 Å². The van der Waals surface area contributed by atoms with Gasteiger partial charge in [-0.15, -0.1) is 0 Å². The van der Waals surface area contributed by atoms with E-state index in [0.717, 1.165) is 6.42 Å². The molecule has 0 aliphatic carbocycles. The van der Waals surface area contributed by atoms with Crippen LogP contribution in [0.2, 0.25) is 0 Å². The highest BCUT2D eigenvalue weighted by Crippen LogP contribution is 2.05. The molecule has 1 nitrogen and oxygen atoms in total. The molecule has 0 amide bonds. The van der Waals surface area contributed by atoms with E-state index in [2.05, 4.69) is 39.6 Å². The molecule has 0 saturated carbocycles. The lowest BCUT2D eigenvalue weighted by Crippen LogP contribution is -2.29. The lowest BCUT2D eigenvalue weighted by Gasteiger charge is -2.19. The van der Waals surface area contributed by atoms with E-state index in [1.165, 1.54) is 12.1 Å². The van der Waals surface area contributed by atoms with Gasteiger partial charge in [0.2, 0.25) is 0 Å². The van der Waals surface area contributed by atoms with Gasteiger partial charge in [-0.3, -0.25) is 0 Å². The van der Waals surface area contributed by atoms with E-state index in [9.17, 15) is 0 Å². The predicted molar refractivity (Wildman–Crippen MR) is 51.5 cm³/mol. The lowest BCUT2D eigenvalue weighted by atomic mass is 10.1. The Kier molecular flexibility index (Phi) is 5.01. The van der Waals surface area contributed by atoms with Crippen molar-refractivity contribution in [2.24, 2.45) is 5.92 Å². The summed E-state index contributed by atoms with van der Waals surface area (Å²) in [6, 6.07) is 0.550. The van der Waals surface area contributed by atoms with Crippen molar-refractivity contribution < 1.29 is 0 Å². The third-order valence-electron chi connectivity index (χ3n) is 1.98.